The molecule has 0 fully saturated rings. The summed E-state index contributed by atoms with van der Waals surface area (Å²) < 4.78 is 23.1. The van der Waals surface area contributed by atoms with E-state index in [1.54, 1.807) is 26.0 Å². The van der Waals surface area contributed by atoms with Crippen molar-refractivity contribution in [3.05, 3.63) is 40.9 Å². The van der Waals surface area contributed by atoms with Gasteiger partial charge < -0.3 is 14.6 Å². The van der Waals surface area contributed by atoms with E-state index in [1.165, 1.54) is 19.1 Å². The zero-order chi connectivity index (χ0) is 17.9. The van der Waals surface area contributed by atoms with Gasteiger partial charge in [0, 0.05) is 0 Å². The Morgan fingerprint density at radius 1 is 1.17 bits per heavy atom. The number of nitrogens with zero attached hydrogens (tertiary/aromatic N) is 3. The van der Waals surface area contributed by atoms with Crippen molar-refractivity contribution in [3.8, 4) is 0 Å². The number of carbonyl (C=O) groups excluding carboxylic acids is 2. The SMILES string of the molecule is CCOP(=O)(OCC)C(=[N+]=[N-])[C@H](C)N1C(=O)c2ccccc2C1=O. The number of imide groups is 1. The number of hydrogen-bond acceptors (Lipinski definition) is 5. The van der Waals surface area contributed by atoms with Crippen LogP contribution in [0.15, 0.2) is 24.3 Å². The molecule has 0 saturated carbocycles. The lowest BCUT2D eigenvalue weighted by atomic mass is 10.1. The maximum absolute atomic E-state index is 12.8. The van der Waals surface area contributed by atoms with E-state index in [1.807, 2.05) is 0 Å². The molecule has 0 aromatic heterocycles. The Morgan fingerprint density at radius 2 is 1.62 bits per heavy atom. The first-order chi connectivity index (χ1) is 11.4. The largest absolute Gasteiger partial charge is 0.439 e. The fraction of sp³-hybridized carbons (Fsp3) is 0.400. The zero-order valence-electron chi connectivity index (χ0n) is 13.6. The molecule has 1 aromatic rings. The van der Waals surface area contributed by atoms with E-state index < -0.39 is 25.5 Å². The molecule has 9 heteroatoms. The second-order valence-electron chi connectivity index (χ2n) is 4.99. The van der Waals surface area contributed by atoms with Gasteiger partial charge in [0.15, 0.2) is 0 Å². The van der Waals surface area contributed by atoms with Crippen LogP contribution in [0.1, 0.15) is 41.5 Å². The molecule has 1 heterocycles. The smallest absolute Gasteiger partial charge is 0.361 e. The third-order valence-electron chi connectivity index (χ3n) is 3.57. The third-order valence-corrected chi connectivity index (χ3v) is 5.79. The second kappa shape index (κ2) is 7.20. The molecule has 0 aliphatic carbocycles. The van der Waals surface area contributed by atoms with Gasteiger partial charge in [-0.2, -0.15) is 4.79 Å². The molecule has 0 bridgehead atoms. The average Bonchev–Trinajstić information content (AvgIpc) is 2.80. The van der Waals surface area contributed by atoms with Crippen molar-refractivity contribution in [1.82, 2.24) is 4.90 Å². The van der Waals surface area contributed by atoms with Crippen molar-refractivity contribution in [3.63, 3.8) is 0 Å². The quantitative estimate of drug-likeness (QED) is 0.246. The Balaban J connectivity index is 2.42. The first-order valence-electron chi connectivity index (χ1n) is 7.49. The summed E-state index contributed by atoms with van der Waals surface area (Å²) in [5, 5.41) is 0. The lowest BCUT2D eigenvalue weighted by Gasteiger charge is -2.22. The molecule has 1 aliphatic heterocycles. The van der Waals surface area contributed by atoms with Crippen LogP contribution < -0.4 is 0 Å². The van der Waals surface area contributed by atoms with Gasteiger partial charge in [0.1, 0.15) is 6.04 Å². The van der Waals surface area contributed by atoms with Gasteiger partial charge in [-0.25, -0.2) is 4.57 Å². The van der Waals surface area contributed by atoms with Crippen LogP contribution in [0.4, 0.5) is 0 Å². The summed E-state index contributed by atoms with van der Waals surface area (Å²) in [4.78, 5) is 28.9. The van der Waals surface area contributed by atoms with Gasteiger partial charge >= 0.3 is 13.0 Å². The van der Waals surface area contributed by atoms with Crippen molar-refractivity contribution in [2.45, 2.75) is 26.8 Å². The van der Waals surface area contributed by atoms with Crippen LogP contribution in [0.25, 0.3) is 5.53 Å². The van der Waals surface area contributed by atoms with Crippen molar-refractivity contribution < 1.29 is 28.0 Å². The zero-order valence-corrected chi connectivity index (χ0v) is 14.5. The molecular weight excluding hydrogens is 333 g/mol. The molecule has 0 saturated heterocycles. The molecular formula is C15H18N3O5P. The van der Waals surface area contributed by atoms with E-state index in [2.05, 4.69) is 4.79 Å². The number of rotatable bonds is 7. The third kappa shape index (κ3) is 2.97. The highest BCUT2D eigenvalue weighted by Gasteiger charge is 2.50. The molecule has 0 N–H and O–H groups in total. The molecule has 8 nitrogen and oxygen atoms in total. The number of fused-ring (bicyclic) bond motifs is 1. The van der Waals surface area contributed by atoms with Crippen LogP contribution in [-0.2, 0) is 13.6 Å². The fourth-order valence-corrected chi connectivity index (χ4v) is 4.25. The summed E-state index contributed by atoms with van der Waals surface area (Å²) in [6, 6.07) is 5.26. The van der Waals surface area contributed by atoms with Gasteiger partial charge in [-0.1, -0.05) is 12.1 Å². The first-order valence-corrected chi connectivity index (χ1v) is 9.04. The van der Waals surface area contributed by atoms with Crippen molar-refractivity contribution >= 4 is 24.9 Å². The summed E-state index contributed by atoms with van der Waals surface area (Å²) in [7, 11) is -3.93. The highest BCUT2D eigenvalue weighted by Crippen LogP contribution is 2.50. The summed E-state index contributed by atoms with van der Waals surface area (Å²) >= 11 is 0. The normalized spacial score (nSPS) is 15.2. The molecule has 1 aromatic carbocycles. The number of carbonyl (C=O) groups is 2. The molecule has 0 unspecified atom stereocenters. The lowest BCUT2D eigenvalue weighted by Crippen LogP contribution is -2.43. The van der Waals surface area contributed by atoms with E-state index in [0.29, 0.717) is 0 Å². The van der Waals surface area contributed by atoms with Crippen LogP contribution in [-0.4, -0.2) is 46.2 Å². The molecule has 128 valence electrons. The van der Waals surface area contributed by atoms with Crippen LogP contribution >= 0.6 is 7.60 Å². The number of benzene rings is 1. The number of amides is 2. The highest BCUT2D eigenvalue weighted by atomic mass is 31.2. The van der Waals surface area contributed by atoms with Crippen molar-refractivity contribution in [1.29, 1.82) is 0 Å². The summed E-state index contributed by atoms with van der Waals surface area (Å²) in [6.45, 7) is 4.73. The Morgan fingerprint density at radius 3 is 2.00 bits per heavy atom. The predicted octanol–water partition coefficient (Wildman–Crippen LogP) is 2.57. The van der Waals surface area contributed by atoms with Crippen LogP contribution in [0, 0.1) is 0 Å². The molecule has 2 amide bonds. The summed E-state index contributed by atoms with van der Waals surface area (Å²) in [5.41, 5.74) is 9.44. The van der Waals surface area contributed by atoms with Crippen molar-refractivity contribution in [2.75, 3.05) is 13.2 Å². The Labute approximate surface area is 139 Å². The van der Waals surface area contributed by atoms with Gasteiger partial charge in [-0.3, -0.25) is 14.5 Å². The van der Waals surface area contributed by atoms with Crippen LogP contribution in [0.2, 0.25) is 0 Å². The van der Waals surface area contributed by atoms with E-state index in [-0.39, 0.29) is 29.8 Å². The molecule has 0 spiro atoms. The van der Waals surface area contributed by atoms with Gasteiger partial charge in [-0.15, -0.1) is 0 Å². The van der Waals surface area contributed by atoms with Gasteiger partial charge in [-0.05, 0) is 32.9 Å². The molecule has 0 radical (unpaired) electrons. The highest BCUT2D eigenvalue weighted by molar-refractivity contribution is 7.72. The maximum Gasteiger partial charge on any atom is 0.439 e. The standard InChI is InChI=1S/C15H18N3O5P/c1-4-22-24(21,23-5-2)13(17-16)10(3)18-14(19)11-8-6-7-9-12(11)15(18)20/h6-10H,4-5H2,1-3H3/t10-/m0/s1. The molecule has 1 aliphatic rings. The first kappa shape index (κ1) is 18.2. The minimum absolute atomic E-state index is 0.0468. The van der Waals surface area contributed by atoms with Crippen molar-refractivity contribution in [2.24, 2.45) is 0 Å². The van der Waals surface area contributed by atoms with E-state index in [0.717, 1.165) is 4.90 Å². The monoisotopic (exact) mass is 351 g/mol. The topological polar surface area (TPSA) is 109 Å². The van der Waals surface area contributed by atoms with E-state index in [4.69, 9.17) is 9.05 Å². The molecule has 1 atom stereocenters. The Hall–Kier alpha value is -2.11. The minimum Gasteiger partial charge on any atom is -0.361 e. The van der Waals surface area contributed by atoms with Gasteiger partial charge in [0.2, 0.25) is 0 Å². The lowest BCUT2D eigenvalue weighted by molar-refractivity contribution is -0.0126. The molecule has 24 heavy (non-hydrogen) atoms. The second-order valence-corrected chi connectivity index (χ2v) is 6.96. The Bertz CT molecular complexity index is 727. The van der Waals surface area contributed by atoms with Gasteiger partial charge in [0.25, 0.3) is 11.8 Å². The van der Waals surface area contributed by atoms with Crippen LogP contribution in [0.5, 0.6) is 0 Å². The predicted molar refractivity (Wildman–Crippen MR) is 85.9 cm³/mol. The summed E-state index contributed by atoms with van der Waals surface area (Å²) in [6.07, 6.45) is 0. The summed E-state index contributed by atoms with van der Waals surface area (Å²) in [5.74, 6) is -1.10. The van der Waals surface area contributed by atoms with E-state index in [9.17, 15) is 19.7 Å². The maximum atomic E-state index is 12.8. The van der Waals surface area contributed by atoms with E-state index >= 15 is 0 Å². The molecule has 2 rings (SSSR count). The minimum atomic E-state index is -3.93. The number of hydrogen-bond donors (Lipinski definition) is 0. The van der Waals surface area contributed by atoms with Gasteiger partial charge in [0.05, 0.1) is 24.3 Å². The Kier molecular flexibility index (Phi) is 5.47. The fourth-order valence-electron chi connectivity index (χ4n) is 2.55. The van der Waals surface area contributed by atoms with Crippen LogP contribution in [0.3, 0.4) is 0 Å². The average molecular weight is 351 g/mol.